The number of aliphatic hydroxyl groups is 2. The first kappa shape index (κ1) is 16.0. The van der Waals surface area contributed by atoms with Crippen LogP contribution in [0.1, 0.15) is 31.7 Å². The number of aliphatic hydroxyl groups excluding tert-OH is 2. The lowest BCUT2D eigenvalue weighted by Crippen LogP contribution is -2.21. The van der Waals surface area contributed by atoms with Crippen molar-refractivity contribution in [3.63, 3.8) is 0 Å². The van der Waals surface area contributed by atoms with Gasteiger partial charge in [0.25, 0.3) is 0 Å². The van der Waals surface area contributed by atoms with Crippen LogP contribution in [0.4, 0.5) is 0 Å². The van der Waals surface area contributed by atoms with Crippen LogP contribution in [0.3, 0.4) is 0 Å². The molecule has 1 aliphatic rings. The molecule has 2 N–H and O–H groups in total. The van der Waals surface area contributed by atoms with Gasteiger partial charge in [0.2, 0.25) is 0 Å². The minimum Gasteiger partial charge on any atom is -0.491 e. The second-order valence-electron chi connectivity index (χ2n) is 6.13. The van der Waals surface area contributed by atoms with Crippen molar-refractivity contribution in [1.82, 2.24) is 9.55 Å². The lowest BCUT2D eigenvalue weighted by Gasteiger charge is -2.30. The Hall–Kier alpha value is -1.85. The monoisotopic (exact) mass is 316 g/mol. The van der Waals surface area contributed by atoms with Crippen molar-refractivity contribution in [1.29, 1.82) is 0 Å². The van der Waals surface area contributed by atoms with Crippen molar-refractivity contribution in [2.24, 2.45) is 5.92 Å². The van der Waals surface area contributed by atoms with Gasteiger partial charge in [-0.25, -0.2) is 4.98 Å². The zero-order valence-electron chi connectivity index (χ0n) is 13.3. The number of hydrogen-bond acceptors (Lipinski definition) is 4. The van der Waals surface area contributed by atoms with E-state index in [0.717, 1.165) is 42.8 Å². The van der Waals surface area contributed by atoms with Gasteiger partial charge in [0.05, 0.1) is 6.61 Å². The Morgan fingerprint density at radius 2 is 2.17 bits per heavy atom. The molecular formula is C18H24N2O3. The molecular weight excluding hydrogens is 292 g/mol. The van der Waals surface area contributed by atoms with Gasteiger partial charge in [0.1, 0.15) is 18.2 Å². The highest BCUT2D eigenvalue weighted by Gasteiger charge is 2.24. The van der Waals surface area contributed by atoms with Crippen molar-refractivity contribution in [3.05, 3.63) is 36.7 Å². The molecule has 0 bridgehead atoms. The second kappa shape index (κ2) is 7.62. The molecule has 1 saturated carbocycles. The van der Waals surface area contributed by atoms with Crippen LogP contribution < -0.4 is 4.74 Å². The molecule has 5 heteroatoms. The fraction of sp³-hybridized carbons (Fsp3) is 0.500. The molecule has 0 amide bonds. The molecule has 1 fully saturated rings. The third-order valence-corrected chi connectivity index (χ3v) is 4.53. The van der Waals surface area contributed by atoms with Crippen LogP contribution in [-0.4, -0.2) is 39.6 Å². The predicted molar refractivity (Wildman–Crippen MR) is 88.3 cm³/mol. The largest absolute Gasteiger partial charge is 0.491 e. The normalized spacial score (nSPS) is 21.3. The van der Waals surface area contributed by atoms with Crippen LogP contribution in [-0.2, 0) is 0 Å². The molecule has 1 aromatic carbocycles. The fourth-order valence-electron chi connectivity index (χ4n) is 3.40. The molecule has 0 aliphatic heterocycles. The van der Waals surface area contributed by atoms with Gasteiger partial charge in [-0.05, 0) is 37.3 Å². The maximum atomic E-state index is 9.45. The minimum atomic E-state index is 0.00345. The summed E-state index contributed by atoms with van der Waals surface area (Å²) in [6.45, 7) is 0.563. The number of imidazole rings is 1. The van der Waals surface area contributed by atoms with Crippen molar-refractivity contribution >= 4 is 0 Å². The summed E-state index contributed by atoms with van der Waals surface area (Å²) in [6, 6.07) is 8.20. The van der Waals surface area contributed by atoms with Crippen LogP contribution in [0.15, 0.2) is 36.7 Å². The summed E-state index contributed by atoms with van der Waals surface area (Å²) in [5.41, 5.74) is 1.01. The molecule has 0 unspecified atom stereocenters. The molecule has 2 aromatic rings. The van der Waals surface area contributed by atoms with Crippen molar-refractivity contribution in [2.75, 3.05) is 19.8 Å². The maximum absolute atomic E-state index is 9.45. The van der Waals surface area contributed by atoms with Crippen molar-refractivity contribution < 1.29 is 14.9 Å². The van der Waals surface area contributed by atoms with Gasteiger partial charge in [0.15, 0.2) is 0 Å². The molecule has 2 atom stereocenters. The highest BCUT2D eigenvalue weighted by atomic mass is 16.5. The topological polar surface area (TPSA) is 67.5 Å². The number of rotatable bonds is 6. The highest BCUT2D eigenvalue weighted by molar-refractivity contribution is 5.58. The van der Waals surface area contributed by atoms with Gasteiger partial charge in [-0.3, -0.25) is 0 Å². The second-order valence-corrected chi connectivity index (χ2v) is 6.13. The first-order valence-electron chi connectivity index (χ1n) is 8.29. The van der Waals surface area contributed by atoms with Crippen LogP contribution in [0, 0.1) is 5.92 Å². The van der Waals surface area contributed by atoms with Gasteiger partial charge >= 0.3 is 0 Å². The number of benzene rings is 1. The molecule has 3 rings (SSSR count). The molecule has 0 spiro atoms. The Kier molecular flexibility index (Phi) is 5.31. The molecule has 1 heterocycles. The summed E-state index contributed by atoms with van der Waals surface area (Å²) in [7, 11) is 0. The Bertz CT molecular complexity index is 626. The molecule has 23 heavy (non-hydrogen) atoms. The zero-order chi connectivity index (χ0) is 16.1. The van der Waals surface area contributed by atoms with Crippen molar-refractivity contribution in [3.8, 4) is 17.1 Å². The third kappa shape index (κ3) is 3.74. The van der Waals surface area contributed by atoms with E-state index >= 15 is 0 Å². The summed E-state index contributed by atoms with van der Waals surface area (Å²) in [6.07, 6.45) is 8.25. The first-order chi connectivity index (χ1) is 11.3. The first-order valence-corrected chi connectivity index (χ1v) is 8.29. The maximum Gasteiger partial charge on any atom is 0.140 e. The van der Waals surface area contributed by atoms with E-state index in [0.29, 0.717) is 18.6 Å². The van der Waals surface area contributed by atoms with E-state index in [1.165, 1.54) is 0 Å². The Balaban J connectivity index is 1.83. The summed E-state index contributed by atoms with van der Waals surface area (Å²) in [5.74, 6) is 2.06. The van der Waals surface area contributed by atoms with Crippen LogP contribution in [0.2, 0.25) is 0 Å². The zero-order valence-corrected chi connectivity index (χ0v) is 13.3. The summed E-state index contributed by atoms with van der Waals surface area (Å²) in [4.78, 5) is 4.53. The third-order valence-electron chi connectivity index (χ3n) is 4.53. The summed E-state index contributed by atoms with van der Waals surface area (Å²) < 4.78 is 7.72. The number of hydrogen-bond donors (Lipinski definition) is 2. The van der Waals surface area contributed by atoms with E-state index < -0.39 is 0 Å². The fourth-order valence-corrected chi connectivity index (χ4v) is 3.40. The van der Waals surface area contributed by atoms with Gasteiger partial charge in [-0.2, -0.15) is 0 Å². The Labute approximate surface area is 136 Å². The van der Waals surface area contributed by atoms with Gasteiger partial charge in [-0.1, -0.05) is 18.6 Å². The molecule has 0 radical (unpaired) electrons. The van der Waals surface area contributed by atoms with Gasteiger partial charge in [-0.15, -0.1) is 0 Å². The standard InChI is InChI=1S/C18H24N2O3/c21-9-10-23-17-6-2-4-15(12-17)18-19-7-8-20(18)16-5-1-3-14(11-16)13-22/h2,4,6-8,12,14,16,21-22H,1,3,5,9-11,13H2/t14-,16-/m1/s1. The van der Waals surface area contributed by atoms with Crippen LogP contribution in [0.5, 0.6) is 5.75 Å². The minimum absolute atomic E-state index is 0.00345. The SMILES string of the molecule is OCCOc1cccc(-c2nccn2[C@@H]2CCC[C@@H](CO)C2)c1. The molecule has 0 saturated heterocycles. The Morgan fingerprint density at radius 3 is 3.00 bits per heavy atom. The van der Waals surface area contributed by atoms with Crippen molar-refractivity contribution in [2.45, 2.75) is 31.7 Å². The smallest absolute Gasteiger partial charge is 0.140 e. The Morgan fingerprint density at radius 1 is 1.26 bits per heavy atom. The van der Waals surface area contributed by atoms with Gasteiger partial charge in [0, 0.05) is 30.6 Å². The van der Waals surface area contributed by atoms with Crippen LogP contribution >= 0.6 is 0 Å². The van der Waals surface area contributed by atoms with E-state index in [4.69, 9.17) is 9.84 Å². The average molecular weight is 316 g/mol. The number of nitrogens with zero attached hydrogens (tertiary/aromatic N) is 2. The predicted octanol–water partition coefficient (Wildman–Crippen LogP) is 2.64. The lowest BCUT2D eigenvalue weighted by molar-refractivity contribution is 0.163. The average Bonchev–Trinajstić information content (AvgIpc) is 3.10. The van der Waals surface area contributed by atoms with E-state index in [9.17, 15) is 5.11 Å². The summed E-state index contributed by atoms with van der Waals surface area (Å²) >= 11 is 0. The van der Waals surface area contributed by atoms with E-state index in [2.05, 4.69) is 9.55 Å². The lowest BCUT2D eigenvalue weighted by atomic mass is 9.86. The van der Waals surface area contributed by atoms with E-state index in [-0.39, 0.29) is 13.2 Å². The van der Waals surface area contributed by atoms with Crippen LogP contribution in [0.25, 0.3) is 11.4 Å². The number of aromatic nitrogens is 2. The van der Waals surface area contributed by atoms with E-state index in [1.54, 1.807) is 0 Å². The van der Waals surface area contributed by atoms with Gasteiger partial charge < -0.3 is 19.5 Å². The molecule has 1 aromatic heterocycles. The molecule has 124 valence electrons. The number of ether oxygens (including phenoxy) is 1. The molecule has 1 aliphatic carbocycles. The summed E-state index contributed by atoms with van der Waals surface area (Å²) in [5, 5.41) is 18.3. The quantitative estimate of drug-likeness (QED) is 0.860. The highest BCUT2D eigenvalue weighted by Crippen LogP contribution is 2.35. The molecule has 5 nitrogen and oxygen atoms in total. The van der Waals surface area contributed by atoms with E-state index in [1.807, 2.05) is 36.7 Å².